The molecule has 1 fully saturated rings. The topological polar surface area (TPSA) is 37.4 Å². The van der Waals surface area contributed by atoms with Gasteiger partial charge < -0.3 is 10.1 Å². The van der Waals surface area contributed by atoms with Gasteiger partial charge in [-0.25, -0.2) is 9.37 Å². The predicted molar refractivity (Wildman–Crippen MR) is 91.4 cm³/mol. The molecular formula is C18H24FN3O. The van der Waals surface area contributed by atoms with E-state index in [1.54, 1.807) is 6.07 Å². The second-order valence-electron chi connectivity index (χ2n) is 6.35. The Hall–Kier alpha value is -1.72. The molecule has 1 saturated heterocycles. The van der Waals surface area contributed by atoms with E-state index in [0.717, 1.165) is 56.2 Å². The molecule has 0 aliphatic carbocycles. The summed E-state index contributed by atoms with van der Waals surface area (Å²) in [5.74, 6) is 0.237. The predicted octanol–water partition coefficient (Wildman–Crippen LogP) is 3.06. The van der Waals surface area contributed by atoms with Crippen LogP contribution in [0.2, 0.25) is 0 Å². The Labute approximate surface area is 136 Å². The van der Waals surface area contributed by atoms with Crippen molar-refractivity contribution in [2.75, 3.05) is 44.7 Å². The smallest absolute Gasteiger partial charge is 0.149 e. The minimum absolute atomic E-state index is 0.268. The number of hydrogen-bond donors (Lipinski definition) is 1. The second-order valence-corrected chi connectivity index (χ2v) is 6.35. The van der Waals surface area contributed by atoms with Gasteiger partial charge >= 0.3 is 0 Å². The normalized spacial score (nSPS) is 17.3. The third kappa shape index (κ3) is 3.98. The first-order chi connectivity index (χ1) is 11.1. The lowest BCUT2D eigenvalue weighted by Crippen LogP contribution is -2.40. The molecule has 1 aliphatic heterocycles. The van der Waals surface area contributed by atoms with E-state index in [0.29, 0.717) is 11.4 Å². The van der Waals surface area contributed by atoms with E-state index in [9.17, 15) is 4.39 Å². The minimum Gasteiger partial charge on any atom is -0.384 e. The van der Waals surface area contributed by atoms with Crippen molar-refractivity contribution >= 4 is 16.6 Å². The van der Waals surface area contributed by atoms with Crippen molar-refractivity contribution in [3.05, 3.63) is 35.8 Å². The van der Waals surface area contributed by atoms with Crippen molar-refractivity contribution in [1.29, 1.82) is 0 Å². The van der Waals surface area contributed by atoms with Gasteiger partial charge in [0.2, 0.25) is 0 Å². The summed E-state index contributed by atoms with van der Waals surface area (Å²) >= 11 is 0. The first kappa shape index (κ1) is 16.1. The van der Waals surface area contributed by atoms with Crippen molar-refractivity contribution in [2.45, 2.75) is 13.8 Å². The van der Waals surface area contributed by atoms with E-state index >= 15 is 0 Å². The largest absolute Gasteiger partial charge is 0.384 e. The summed E-state index contributed by atoms with van der Waals surface area (Å²) < 4.78 is 19.3. The monoisotopic (exact) mass is 317 g/mol. The molecule has 0 amide bonds. The molecule has 1 atom stereocenters. The van der Waals surface area contributed by atoms with Gasteiger partial charge in [-0.3, -0.25) is 4.90 Å². The Balaban J connectivity index is 1.68. The number of aryl methyl sites for hydroxylation is 1. The lowest BCUT2D eigenvalue weighted by atomic mass is 10.1. The van der Waals surface area contributed by atoms with E-state index in [-0.39, 0.29) is 5.82 Å². The van der Waals surface area contributed by atoms with Crippen LogP contribution in [-0.4, -0.2) is 49.3 Å². The molecule has 1 unspecified atom stereocenters. The highest BCUT2D eigenvalue weighted by Crippen LogP contribution is 2.25. The van der Waals surface area contributed by atoms with Crippen LogP contribution in [0.5, 0.6) is 0 Å². The van der Waals surface area contributed by atoms with Gasteiger partial charge in [-0.1, -0.05) is 19.1 Å². The number of benzene rings is 1. The van der Waals surface area contributed by atoms with Crippen LogP contribution in [0.4, 0.5) is 10.1 Å². The molecule has 5 heteroatoms. The molecule has 23 heavy (non-hydrogen) atoms. The van der Waals surface area contributed by atoms with Crippen molar-refractivity contribution in [2.24, 2.45) is 5.92 Å². The average molecular weight is 317 g/mol. The second kappa shape index (κ2) is 7.23. The maximum atomic E-state index is 13.9. The molecule has 1 aromatic carbocycles. The van der Waals surface area contributed by atoms with Crippen LogP contribution in [-0.2, 0) is 4.74 Å². The maximum absolute atomic E-state index is 13.9. The standard InChI is InChI=1S/C18H24FN3O/c1-13(12-22-6-8-23-9-7-22)11-20-17-10-14(2)21-18-15(17)4-3-5-16(18)19/h3-5,10,13H,6-9,11-12H2,1-2H3,(H,20,21). The van der Waals surface area contributed by atoms with Crippen LogP contribution in [0.25, 0.3) is 10.9 Å². The van der Waals surface area contributed by atoms with Gasteiger partial charge in [0, 0.05) is 42.9 Å². The summed E-state index contributed by atoms with van der Waals surface area (Å²) in [5.41, 5.74) is 2.22. The third-order valence-electron chi connectivity index (χ3n) is 4.23. The van der Waals surface area contributed by atoms with E-state index in [1.165, 1.54) is 6.07 Å². The number of aromatic nitrogens is 1. The molecule has 0 saturated carbocycles. The molecule has 3 rings (SSSR count). The van der Waals surface area contributed by atoms with Crippen LogP contribution in [0.3, 0.4) is 0 Å². The number of nitrogens with one attached hydrogen (secondary N) is 1. The van der Waals surface area contributed by atoms with Gasteiger partial charge in [-0.05, 0) is 25.0 Å². The summed E-state index contributed by atoms with van der Waals surface area (Å²) in [6, 6.07) is 7.10. The molecule has 2 aromatic rings. The number of anilines is 1. The van der Waals surface area contributed by atoms with Crippen LogP contribution in [0.15, 0.2) is 24.3 Å². The molecule has 1 N–H and O–H groups in total. The Morgan fingerprint density at radius 3 is 2.91 bits per heavy atom. The highest BCUT2D eigenvalue weighted by molar-refractivity contribution is 5.91. The number of fused-ring (bicyclic) bond motifs is 1. The van der Waals surface area contributed by atoms with Crippen molar-refractivity contribution < 1.29 is 9.13 Å². The zero-order chi connectivity index (χ0) is 16.2. The fraction of sp³-hybridized carbons (Fsp3) is 0.500. The Morgan fingerprint density at radius 2 is 2.13 bits per heavy atom. The highest BCUT2D eigenvalue weighted by Gasteiger charge is 2.14. The molecule has 1 aliphatic rings. The molecule has 1 aromatic heterocycles. The maximum Gasteiger partial charge on any atom is 0.149 e. The number of rotatable bonds is 5. The lowest BCUT2D eigenvalue weighted by Gasteiger charge is -2.29. The quantitative estimate of drug-likeness (QED) is 0.920. The molecule has 4 nitrogen and oxygen atoms in total. The SMILES string of the molecule is Cc1cc(NCC(C)CN2CCOCC2)c2cccc(F)c2n1. The molecular weight excluding hydrogens is 293 g/mol. The molecule has 0 spiro atoms. The highest BCUT2D eigenvalue weighted by atomic mass is 19.1. The minimum atomic E-state index is -0.268. The third-order valence-corrected chi connectivity index (χ3v) is 4.23. The fourth-order valence-electron chi connectivity index (χ4n) is 3.06. The Bertz CT molecular complexity index is 671. The number of hydrogen-bond acceptors (Lipinski definition) is 4. The zero-order valence-corrected chi connectivity index (χ0v) is 13.8. The van der Waals surface area contributed by atoms with E-state index in [1.807, 2.05) is 19.1 Å². The van der Waals surface area contributed by atoms with Crippen LogP contribution < -0.4 is 5.32 Å². The van der Waals surface area contributed by atoms with E-state index in [2.05, 4.69) is 22.1 Å². The van der Waals surface area contributed by atoms with Gasteiger partial charge in [-0.2, -0.15) is 0 Å². The Kier molecular flexibility index (Phi) is 5.08. The zero-order valence-electron chi connectivity index (χ0n) is 13.8. The summed E-state index contributed by atoms with van der Waals surface area (Å²) in [7, 11) is 0. The van der Waals surface area contributed by atoms with Gasteiger partial charge in [0.1, 0.15) is 11.3 Å². The van der Waals surface area contributed by atoms with Gasteiger partial charge in [0.15, 0.2) is 0 Å². The molecule has 0 bridgehead atoms. The molecule has 124 valence electrons. The number of para-hydroxylation sites is 1. The first-order valence-electron chi connectivity index (χ1n) is 8.23. The number of pyridine rings is 1. The summed E-state index contributed by atoms with van der Waals surface area (Å²) in [4.78, 5) is 6.76. The first-order valence-corrected chi connectivity index (χ1v) is 8.23. The van der Waals surface area contributed by atoms with Crippen molar-refractivity contribution in [3.63, 3.8) is 0 Å². The van der Waals surface area contributed by atoms with Crippen molar-refractivity contribution in [3.8, 4) is 0 Å². The van der Waals surface area contributed by atoms with Crippen LogP contribution in [0, 0.1) is 18.7 Å². The number of halogens is 1. The van der Waals surface area contributed by atoms with E-state index < -0.39 is 0 Å². The average Bonchev–Trinajstić information content (AvgIpc) is 2.54. The lowest BCUT2D eigenvalue weighted by molar-refractivity contribution is 0.0325. The molecule has 0 radical (unpaired) electrons. The van der Waals surface area contributed by atoms with Gasteiger partial charge in [0.05, 0.1) is 13.2 Å². The number of nitrogens with zero attached hydrogens (tertiary/aromatic N) is 2. The summed E-state index contributed by atoms with van der Waals surface area (Å²) in [6.07, 6.45) is 0. The van der Waals surface area contributed by atoms with Gasteiger partial charge in [0.25, 0.3) is 0 Å². The number of morpholine rings is 1. The van der Waals surface area contributed by atoms with E-state index in [4.69, 9.17) is 4.74 Å². The van der Waals surface area contributed by atoms with Crippen LogP contribution >= 0.6 is 0 Å². The molecule has 2 heterocycles. The van der Waals surface area contributed by atoms with Gasteiger partial charge in [-0.15, -0.1) is 0 Å². The number of ether oxygens (including phenoxy) is 1. The van der Waals surface area contributed by atoms with Crippen LogP contribution in [0.1, 0.15) is 12.6 Å². The Morgan fingerprint density at radius 1 is 1.35 bits per heavy atom. The summed E-state index contributed by atoms with van der Waals surface area (Å²) in [6.45, 7) is 9.70. The fourth-order valence-corrected chi connectivity index (χ4v) is 3.06. The van der Waals surface area contributed by atoms with Crippen molar-refractivity contribution in [1.82, 2.24) is 9.88 Å². The summed E-state index contributed by atoms with van der Waals surface area (Å²) in [5, 5.41) is 4.32.